The summed E-state index contributed by atoms with van der Waals surface area (Å²) in [5.41, 5.74) is 0. The average Bonchev–Trinajstić information content (AvgIpc) is 2.03. The minimum atomic E-state index is -0.833. The van der Waals surface area contributed by atoms with Gasteiger partial charge in [-0.15, -0.1) is 13.2 Å². The highest BCUT2D eigenvalue weighted by Crippen LogP contribution is 1.78. The molecule has 0 aromatic heterocycles. The number of rotatable bonds is 2. The summed E-state index contributed by atoms with van der Waals surface area (Å²) in [6, 6.07) is 0. The third-order valence-corrected chi connectivity index (χ3v) is 0.509. The molecule has 78 valence electrons. The predicted molar refractivity (Wildman–Crippen MR) is 51.5 cm³/mol. The molecule has 0 aromatic rings. The number of carbonyl (C=O) groups is 2. The van der Waals surface area contributed by atoms with E-state index in [9.17, 15) is 4.79 Å². The smallest absolute Gasteiger partial charge is 0.302 e. The minimum Gasteiger partial charge on any atom is -0.481 e. The number of hydrogen-bond acceptors (Lipinski definition) is 3. The summed E-state index contributed by atoms with van der Waals surface area (Å²) in [7, 11) is 0. The van der Waals surface area contributed by atoms with Gasteiger partial charge < -0.3 is 9.84 Å². The number of hydrogen-bond donors (Lipinski definition) is 1. The lowest BCUT2D eigenvalue weighted by molar-refractivity contribution is -0.141. The molecule has 0 aliphatic heterocycles. The zero-order chi connectivity index (χ0) is 11.3. The Balaban J connectivity index is -0.000000142. The molecular weight excluding hydrogens is 172 g/mol. The van der Waals surface area contributed by atoms with Gasteiger partial charge in [0.05, 0.1) is 6.61 Å². The third kappa shape index (κ3) is 112. The molecule has 0 bridgehead atoms. The van der Waals surface area contributed by atoms with Crippen LogP contribution in [0.15, 0.2) is 13.2 Å². The summed E-state index contributed by atoms with van der Waals surface area (Å²) < 4.78 is 4.55. The second-order valence-electron chi connectivity index (χ2n) is 1.86. The molecule has 0 heterocycles. The summed E-state index contributed by atoms with van der Waals surface area (Å²) in [5, 5.41) is 7.42. The number of carboxylic acids is 1. The van der Waals surface area contributed by atoms with Crippen LogP contribution < -0.4 is 0 Å². The van der Waals surface area contributed by atoms with Crippen molar-refractivity contribution in [3.8, 4) is 0 Å². The molecule has 0 spiro atoms. The van der Waals surface area contributed by atoms with Crippen molar-refractivity contribution in [3.05, 3.63) is 13.2 Å². The molecule has 0 rings (SSSR count). The first-order chi connectivity index (χ1) is 6.00. The van der Waals surface area contributed by atoms with E-state index in [2.05, 4.69) is 17.9 Å². The van der Waals surface area contributed by atoms with E-state index >= 15 is 0 Å². The molecule has 0 fully saturated rings. The maximum absolute atomic E-state index is 9.98. The monoisotopic (exact) mass is 190 g/mol. The van der Waals surface area contributed by atoms with Gasteiger partial charge in [0.2, 0.25) is 0 Å². The highest BCUT2D eigenvalue weighted by Gasteiger charge is 1.85. The molecule has 0 aliphatic carbocycles. The fourth-order valence-corrected chi connectivity index (χ4v) is 0.246. The van der Waals surface area contributed by atoms with Gasteiger partial charge in [0, 0.05) is 13.8 Å². The minimum absolute atomic E-state index is 0.193. The quantitative estimate of drug-likeness (QED) is 0.533. The predicted octanol–water partition coefficient (Wildman–Crippen LogP) is 1.85. The zero-order valence-electron chi connectivity index (χ0n) is 8.50. The van der Waals surface area contributed by atoms with Crippen LogP contribution >= 0.6 is 0 Å². The van der Waals surface area contributed by atoms with Crippen molar-refractivity contribution in [2.24, 2.45) is 0 Å². The van der Waals surface area contributed by atoms with E-state index in [4.69, 9.17) is 9.90 Å². The Morgan fingerprint density at radius 2 is 1.62 bits per heavy atom. The van der Waals surface area contributed by atoms with Crippen LogP contribution in [0.25, 0.3) is 0 Å². The molecule has 0 aromatic carbocycles. The molecule has 4 heteroatoms. The van der Waals surface area contributed by atoms with Crippen molar-refractivity contribution in [2.75, 3.05) is 6.61 Å². The van der Waals surface area contributed by atoms with Crippen molar-refractivity contribution < 1.29 is 19.4 Å². The number of carboxylic acid groups (broad SMARTS) is 1. The van der Waals surface area contributed by atoms with Gasteiger partial charge in [0.25, 0.3) is 5.97 Å². The average molecular weight is 190 g/mol. The summed E-state index contributed by atoms with van der Waals surface area (Å²) in [6.45, 7) is 11.0. The molecule has 13 heavy (non-hydrogen) atoms. The molecule has 0 atom stereocenters. The molecule has 1 N–H and O–H groups in total. The number of aliphatic carboxylic acids is 1. The zero-order valence-corrected chi connectivity index (χ0v) is 8.50. The fourth-order valence-electron chi connectivity index (χ4n) is 0.246. The standard InChI is InChI=1S/C5H10O2.C2H4O2.C2H4/c1-3-4-7-5(2)6;1-2(3)4;1-2/h3-4H2,1-2H3;1H3,(H,3,4);1-2H2. The summed E-state index contributed by atoms with van der Waals surface area (Å²) >= 11 is 0. The molecule has 0 amide bonds. The Bertz CT molecular complexity index is 128. The lowest BCUT2D eigenvalue weighted by Crippen LogP contribution is -1.98. The van der Waals surface area contributed by atoms with Crippen LogP contribution in [0.3, 0.4) is 0 Å². The van der Waals surface area contributed by atoms with Gasteiger partial charge in [-0.2, -0.15) is 0 Å². The molecule has 0 saturated heterocycles. The molecular formula is C9H18O4. The van der Waals surface area contributed by atoms with Crippen LogP contribution in [0.4, 0.5) is 0 Å². The van der Waals surface area contributed by atoms with Crippen LogP contribution in [0.1, 0.15) is 27.2 Å². The maximum Gasteiger partial charge on any atom is 0.302 e. The van der Waals surface area contributed by atoms with E-state index in [0.717, 1.165) is 13.3 Å². The molecule has 4 nitrogen and oxygen atoms in total. The van der Waals surface area contributed by atoms with Gasteiger partial charge in [-0.1, -0.05) is 6.92 Å². The van der Waals surface area contributed by atoms with Crippen molar-refractivity contribution in [2.45, 2.75) is 27.2 Å². The second-order valence-corrected chi connectivity index (χ2v) is 1.86. The Kier molecular flexibility index (Phi) is 23.1. The lowest BCUT2D eigenvalue weighted by atomic mass is 10.5. The van der Waals surface area contributed by atoms with Crippen molar-refractivity contribution in [1.82, 2.24) is 0 Å². The van der Waals surface area contributed by atoms with Gasteiger partial charge in [-0.3, -0.25) is 9.59 Å². The van der Waals surface area contributed by atoms with Crippen LogP contribution in [-0.2, 0) is 14.3 Å². The summed E-state index contributed by atoms with van der Waals surface area (Å²) in [5.74, 6) is -1.03. The lowest BCUT2D eigenvalue weighted by Gasteiger charge is -1.93. The van der Waals surface area contributed by atoms with Crippen molar-refractivity contribution in [3.63, 3.8) is 0 Å². The maximum atomic E-state index is 9.98. The first-order valence-electron chi connectivity index (χ1n) is 3.83. The first-order valence-corrected chi connectivity index (χ1v) is 3.83. The van der Waals surface area contributed by atoms with E-state index in [0.29, 0.717) is 6.61 Å². The van der Waals surface area contributed by atoms with Gasteiger partial charge >= 0.3 is 5.97 Å². The molecule has 0 unspecified atom stereocenters. The Morgan fingerprint density at radius 3 is 1.69 bits per heavy atom. The number of esters is 1. The van der Waals surface area contributed by atoms with E-state index in [1.807, 2.05) is 6.92 Å². The Labute approximate surface area is 79.2 Å². The largest absolute Gasteiger partial charge is 0.481 e. The van der Waals surface area contributed by atoms with Crippen LogP contribution in [0.2, 0.25) is 0 Å². The number of ether oxygens (including phenoxy) is 1. The van der Waals surface area contributed by atoms with Gasteiger partial charge in [0.1, 0.15) is 0 Å². The van der Waals surface area contributed by atoms with E-state index < -0.39 is 5.97 Å². The third-order valence-electron chi connectivity index (χ3n) is 0.509. The normalized spacial score (nSPS) is 6.69. The second kappa shape index (κ2) is 17.0. The SMILES string of the molecule is C=C.CC(=O)O.CCCOC(C)=O. The van der Waals surface area contributed by atoms with Gasteiger partial charge in [0.15, 0.2) is 0 Å². The molecule has 0 aliphatic rings. The van der Waals surface area contributed by atoms with Crippen molar-refractivity contribution >= 4 is 11.9 Å². The molecule has 0 saturated carbocycles. The highest BCUT2D eigenvalue weighted by atomic mass is 16.5. The van der Waals surface area contributed by atoms with Crippen LogP contribution in [0, 0.1) is 0 Å². The van der Waals surface area contributed by atoms with Crippen molar-refractivity contribution in [1.29, 1.82) is 0 Å². The van der Waals surface area contributed by atoms with Crippen LogP contribution in [0.5, 0.6) is 0 Å². The van der Waals surface area contributed by atoms with E-state index in [-0.39, 0.29) is 5.97 Å². The Hall–Kier alpha value is -1.32. The van der Waals surface area contributed by atoms with E-state index in [1.165, 1.54) is 6.92 Å². The highest BCUT2D eigenvalue weighted by molar-refractivity contribution is 5.65. The van der Waals surface area contributed by atoms with Gasteiger partial charge in [-0.05, 0) is 6.42 Å². The first kappa shape index (κ1) is 17.7. The summed E-state index contributed by atoms with van der Waals surface area (Å²) in [4.78, 5) is 19.0. The fraction of sp³-hybridized carbons (Fsp3) is 0.556. The van der Waals surface area contributed by atoms with Crippen LogP contribution in [-0.4, -0.2) is 23.7 Å². The summed E-state index contributed by atoms with van der Waals surface area (Å²) in [6.07, 6.45) is 0.902. The van der Waals surface area contributed by atoms with Gasteiger partial charge in [-0.25, -0.2) is 0 Å². The Morgan fingerprint density at radius 1 is 1.31 bits per heavy atom. The topological polar surface area (TPSA) is 63.6 Å². The number of carbonyl (C=O) groups excluding carboxylic acids is 1. The van der Waals surface area contributed by atoms with E-state index in [1.54, 1.807) is 0 Å². The molecule has 0 radical (unpaired) electrons.